The monoisotopic (exact) mass is 469 g/mol. The third kappa shape index (κ3) is 8.17. The van der Waals surface area contributed by atoms with Gasteiger partial charge in [-0.15, -0.1) is 0 Å². The number of Topliss-reactive ketones (excluding diaryl/α,β-unsaturated/α-hetero) is 1. The summed E-state index contributed by atoms with van der Waals surface area (Å²) in [4.78, 5) is 34.3. The van der Waals surface area contributed by atoms with Gasteiger partial charge in [0.2, 0.25) is 0 Å². The van der Waals surface area contributed by atoms with Crippen LogP contribution in [0.2, 0.25) is 0 Å². The van der Waals surface area contributed by atoms with Crippen molar-refractivity contribution in [2.45, 2.75) is 40.2 Å². The quantitative estimate of drug-likeness (QED) is 0.213. The van der Waals surface area contributed by atoms with Crippen LogP contribution in [0.25, 0.3) is 10.8 Å². The van der Waals surface area contributed by atoms with Gasteiger partial charge in [-0.3, -0.25) is 25.2 Å². The van der Waals surface area contributed by atoms with Crippen LogP contribution in [0.1, 0.15) is 55.1 Å². The Hall–Kier alpha value is -4.37. The van der Waals surface area contributed by atoms with E-state index in [1.54, 1.807) is 24.3 Å². The predicted octanol–water partition coefficient (Wildman–Crippen LogP) is 4.63. The van der Waals surface area contributed by atoms with E-state index in [1.165, 1.54) is 30.2 Å². The van der Waals surface area contributed by atoms with Gasteiger partial charge in [-0.05, 0) is 47.6 Å². The van der Waals surface area contributed by atoms with Crippen molar-refractivity contribution in [3.8, 4) is 11.8 Å². The standard InChI is InChI=1S/C16H17N3O3.C13H14/c1-4-7-15(21)18-19-16(22)11(2)17-10-13-8-5-6-9-14(13)12(3)20;1-10(2)12-9-5-7-11-6-3-4-8-13(11)12/h5-6,8-9,17H,2,10H2,1,3H3,(H,18,21)(H,19,22);3-10H,1-2H3. The van der Waals surface area contributed by atoms with Crippen LogP contribution in [-0.2, 0) is 16.1 Å². The molecule has 3 rings (SSSR count). The minimum atomic E-state index is -0.620. The SMILES string of the molecule is C=C(NCc1ccccc1C(C)=O)C(=O)NNC(=O)C#CC.CC(C)c1cccc2ccccc12. The van der Waals surface area contributed by atoms with E-state index in [2.05, 4.69) is 90.9 Å². The van der Waals surface area contributed by atoms with Crippen LogP contribution in [0.5, 0.6) is 0 Å². The highest BCUT2D eigenvalue weighted by Crippen LogP contribution is 2.24. The number of carbonyl (C=O) groups excluding carboxylic acids is 3. The summed E-state index contributed by atoms with van der Waals surface area (Å²) in [6, 6.07) is 22.2. The molecule has 0 aliphatic rings. The molecule has 0 radical (unpaired) electrons. The zero-order chi connectivity index (χ0) is 25.8. The van der Waals surface area contributed by atoms with Crippen LogP contribution in [0.15, 0.2) is 79.0 Å². The van der Waals surface area contributed by atoms with Crippen molar-refractivity contribution in [3.05, 3.63) is 95.7 Å². The summed E-state index contributed by atoms with van der Waals surface area (Å²) in [6.07, 6.45) is 0. The summed E-state index contributed by atoms with van der Waals surface area (Å²) in [6.45, 7) is 11.3. The summed E-state index contributed by atoms with van der Waals surface area (Å²) in [5.74, 6) is 3.95. The maximum Gasteiger partial charge on any atom is 0.314 e. The van der Waals surface area contributed by atoms with Crippen LogP contribution in [0, 0.1) is 11.8 Å². The van der Waals surface area contributed by atoms with Gasteiger partial charge in [-0.1, -0.05) is 93.1 Å². The first-order chi connectivity index (χ1) is 16.7. The minimum absolute atomic E-state index is 0.0575. The van der Waals surface area contributed by atoms with Gasteiger partial charge in [0.15, 0.2) is 5.78 Å². The van der Waals surface area contributed by atoms with E-state index in [-0.39, 0.29) is 18.0 Å². The summed E-state index contributed by atoms with van der Waals surface area (Å²) < 4.78 is 0. The maximum absolute atomic E-state index is 11.7. The number of nitrogens with one attached hydrogen (secondary N) is 3. The van der Waals surface area contributed by atoms with Gasteiger partial charge in [0.25, 0.3) is 5.91 Å². The number of hydrazine groups is 1. The van der Waals surface area contributed by atoms with E-state index in [4.69, 9.17) is 0 Å². The van der Waals surface area contributed by atoms with Crippen LogP contribution >= 0.6 is 0 Å². The van der Waals surface area contributed by atoms with Crippen molar-refractivity contribution in [2.75, 3.05) is 0 Å². The first-order valence-electron chi connectivity index (χ1n) is 11.3. The van der Waals surface area contributed by atoms with E-state index in [0.717, 1.165) is 5.56 Å². The zero-order valence-corrected chi connectivity index (χ0v) is 20.6. The fourth-order valence-electron chi connectivity index (χ4n) is 3.39. The Kier molecular flexibility index (Phi) is 10.3. The fraction of sp³-hybridized carbons (Fsp3) is 0.207. The van der Waals surface area contributed by atoms with Gasteiger partial charge in [0.05, 0.1) is 5.70 Å². The topological polar surface area (TPSA) is 87.3 Å². The highest BCUT2D eigenvalue weighted by Gasteiger charge is 2.10. The van der Waals surface area contributed by atoms with Crippen molar-refractivity contribution >= 4 is 28.4 Å². The van der Waals surface area contributed by atoms with Crippen molar-refractivity contribution in [3.63, 3.8) is 0 Å². The highest BCUT2D eigenvalue weighted by atomic mass is 16.2. The lowest BCUT2D eigenvalue weighted by molar-refractivity contribution is -0.124. The molecule has 3 aromatic carbocycles. The molecule has 3 aromatic rings. The van der Waals surface area contributed by atoms with Crippen molar-refractivity contribution in [1.82, 2.24) is 16.2 Å². The number of ketones is 1. The minimum Gasteiger partial charge on any atom is -0.377 e. The normalized spacial score (nSPS) is 9.74. The van der Waals surface area contributed by atoms with Crippen LogP contribution in [0.3, 0.4) is 0 Å². The molecule has 6 nitrogen and oxygen atoms in total. The lowest BCUT2D eigenvalue weighted by Gasteiger charge is -2.11. The van der Waals surface area contributed by atoms with E-state index < -0.39 is 11.8 Å². The first-order valence-corrected chi connectivity index (χ1v) is 11.3. The van der Waals surface area contributed by atoms with Gasteiger partial charge in [0.1, 0.15) is 0 Å². The molecule has 0 saturated heterocycles. The molecule has 0 aromatic heterocycles. The molecule has 0 heterocycles. The molecule has 0 atom stereocenters. The van der Waals surface area contributed by atoms with E-state index in [9.17, 15) is 14.4 Å². The van der Waals surface area contributed by atoms with Gasteiger partial charge in [-0.2, -0.15) is 0 Å². The molecule has 0 bridgehead atoms. The highest BCUT2D eigenvalue weighted by molar-refractivity contribution is 5.98. The lowest BCUT2D eigenvalue weighted by atomic mass is 9.96. The van der Waals surface area contributed by atoms with Gasteiger partial charge >= 0.3 is 5.91 Å². The van der Waals surface area contributed by atoms with Crippen molar-refractivity contribution in [2.24, 2.45) is 0 Å². The number of amides is 2. The molecular weight excluding hydrogens is 438 g/mol. The summed E-state index contributed by atoms with van der Waals surface area (Å²) in [7, 11) is 0. The number of fused-ring (bicyclic) bond motifs is 1. The van der Waals surface area contributed by atoms with Crippen LogP contribution in [-0.4, -0.2) is 17.6 Å². The van der Waals surface area contributed by atoms with Crippen LogP contribution in [0.4, 0.5) is 0 Å². The Balaban J connectivity index is 0.000000279. The smallest absolute Gasteiger partial charge is 0.314 e. The Morgan fingerprint density at radius 2 is 1.57 bits per heavy atom. The van der Waals surface area contributed by atoms with Crippen LogP contribution < -0.4 is 16.2 Å². The number of carbonyl (C=O) groups is 3. The number of benzene rings is 3. The Morgan fingerprint density at radius 3 is 2.26 bits per heavy atom. The molecule has 0 aliphatic heterocycles. The first kappa shape index (κ1) is 26.9. The fourth-order valence-corrected chi connectivity index (χ4v) is 3.39. The van der Waals surface area contributed by atoms with E-state index in [0.29, 0.717) is 11.5 Å². The molecule has 6 heteroatoms. The van der Waals surface area contributed by atoms with E-state index in [1.807, 2.05) is 0 Å². The molecular formula is C29H31N3O3. The molecule has 180 valence electrons. The second kappa shape index (κ2) is 13.4. The summed E-state index contributed by atoms with van der Waals surface area (Å²) >= 11 is 0. The zero-order valence-electron chi connectivity index (χ0n) is 20.6. The van der Waals surface area contributed by atoms with Crippen molar-refractivity contribution in [1.29, 1.82) is 0 Å². The van der Waals surface area contributed by atoms with Crippen molar-refractivity contribution < 1.29 is 14.4 Å². The van der Waals surface area contributed by atoms with E-state index >= 15 is 0 Å². The van der Waals surface area contributed by atoms with Gasteiger partial charge in [-0.25, -0.2) is 0 Å². The third-order valence-electron chi connectivity index (χ3n) is 5.14. The molecule has 2 amide bonds. The molecule has 3 N–H and O–H groups in total. The summed E-state index contributed by atoms with van der Waals surface area (Å²) in [5, 5.41) is 5.53. The van der Waals surface area contributed by atoms with Gasteiger partial charge < -0.3 is 5.32 Å². The number of hydrogen-bond acceptors (Lipinski definition) is 4. The molecule has 0 aliphatic carbocycles. The second-order valence-electron chi connectivity index (χ2n) is 8.05. The number of rotatable bonds is 6. The maximum atomic E-state index is 11.7. The molecule has 0 spiro atoms. The Labute approximate surface area is 206 Å². The third-order valence-corrected chi connectivity index (χ3v) is 5.14. The Morgan fingerprint density at radius 1 is 0.914 bits per heavy atom. The second-order valence-corrected chi connectivity index (χ2v) is 8.05. The molecule has 0 saturated carbocycles. The number of hydrogen-bond donors (Lipinski definition) is 3. The molecule has 0 fully saturated rings. The largest absolute Gasteiger partial charge is 0.377 e. The molecule has 0 unspecified atom stereocenters. The average Bonchev–Trinajstić information content (AvgIpc) is 2.86. The Bertz CT molecular complexity index is 1280. The molecule has 35 heavy (non-hydrogen) atoms. The lowest BCUT2D eigenvalue weighted by Crippen LogP contribution is -2.43. The predicted molar refractivity (Wildman–Crippen MR) is 140 cm³/mol. The van der Waals surface area contributed by atoms with Gasteiger partial charge in [0, 0.05) is 12.1 Å². The summed E-state index contributed by atoms with van der Waals surface area (Å²) in [5.41, 5.74) is 7.13. The average molecular weight is 470 g/mol.